The summed E-state index contributed by atoms with van der Waals surface area (Å²) in [6, 6.07) is 21.0. The Morgan fingerprint density at radius 3 is 1.66 bits per heavy atom. The van der Waals surface area contributed by atoms with Crippen molar-refractivity contribution in [3.63, 3.8) is 0 Å². The average molecular weight is 478 g/mol. The molecule has 0 atom stereocenters. The molecule has 0 aliphatic heterocycles. The van der Waals surface area contributed by atoms with Gasteiger partial charge in [-0.2, -0.15) is 0 Å². The molecule has 0 radical (unpaired) electrons. The molecule has 0 aliphatic carbocycles. The zero-order chi connectivity index (χ0) is 25.6. The van der Waals surface area contributed by atoms with Gasteiger partial charge < -0.3 is 19.7 Å². The van der Waals surface area contributed by atoms with Gasteiger partial charge in [0.25, 0.3) is 0 Å². The molecular weight excluding hydrogens is 452 g/mol. The molecule has 0 fully saturated rings. The van der Waals surface area contributed by atoms with Gasteiger partial charge in [0, 0.05) is 0 Å². The quantitative estimate of drug-likeness (QED) is 0.322. The highest BCUT2D eigenvalue weighted by Gasteiger charge is 2.11. The average Bonchev–Trinajstić information content (AvgIpc) is 2.88. The third kappa shape index (κ3) is 9.13. The van der Waals surface area contributed by atoms with Gasteiger partial charge in [-0.3, -0.25) is 0 Å². The van der Waals surface area contributed by atoms with Crippen molar-refractivity contribution >= 4 is 23.9 Å². The second kappa shape index (κ2) is 13.9. The van der Waals surface area contributed by atoms with Crippen LogP contribution in [0.25, 0.3) is 0 Å². The van der Waals surface area contributed by atoms with Crippen LogP contribution in [0.15, 0.2) is 78.9 Å². The minimum atomic E-state index is -1.13. The Kier molecular flexibility index (Phi) is 10.7. The molecule has 3 rings (SSSR count). The maximum Gasteiger partial charge on any atom is 0.338 e. The molecule has 0 unspecified atom stereocenters. The van der Waals surface area contributed by atoms with E-state index in [1.807, 2.05) is 37.3 Å². The molecular formula is C27H26O8. The normalized spacial score (nSPS) is 9.86. The topological polar surface area (TPSA) is 127 Å². The van der Waals surface area contributed by atoms with E-state index in [0.717, 1.165) is 24.5 Å². The molecule has 8 heteroatoms. The molecule has 2 N–H and O–H groups in total. The van der Waals surface area contributed by atoms with E-state index in [9.17, 15) is 19.2 Å². The number of unbranched alkanes of at least 4 members (excludes halogenated alkanes) is 1. The van der Waals surface area contributed by atoms with Gasteiger partial charge in [0.2, 0.25) is 0 Å². The Balaban J connectivity index is 0.000000303. The minimum Gasteiger partial charge on any atom is -0.478 e. The highest BCUT2D eigenvalue weighted by molar-refractivity contribution is 5.94. The number of esters is 2. The van der Waals surface area contributed by atoms with Crippen LogP contribution in [-0.2, 0) is 16.1 Å². The fourth-order valence-electron chi connectivity index (χ4n) is 2.73. The lowest BCUT2D eigenvalue weighted by atomic mass is 10.1. The van der Waals surface area contributed by atoms with E-state index >= 15 is 0 Å². The summed E-state index contributed by atoms with van der Waals surface area (Å²) in [4.78, 5) is 44.5. The number of carboxylic acids is 2. The number of benzene rings is 3. The van der Waals surface area contributed by atoms with E-state index < -0.39 is 17.9 Å². The molecule has 0 spiro atoms. The van der Waals surface area contributed by atoms with Gasteiger partial charge >= 0.3 is 23.9 Å². The summed E-state index contributed by atoms with van der Waals surface area (Å²) in [5, 5.41) is 17.0. The van der Waals surface area contributed by atoms with Crippen molar-refractivity contribution in [3.05, 3.63) is 107 Å². The summed E-state index contributed by atoms with van der Waals surface area (Å²) in [6.45, 7) is 2.67. The van der Waals surface area contributed by atoms with Gasteiger partial charge in [-0.25, -0.2) is 19.2 Å². The fourth-order valence-corrected chi connectivity index (χ4v) is 2.73. The predicted molar refractivity (Wildman–Crippen MR) is 128 cm³/mol. The van der Waals surface area contributed by atoms with E-state index in [-0.39, 0.29) is 23.7 Å². The van der Waals surface area contributed by atoms with Crippen molar-refractivity contribution in [1.82, 2.24) is 0 Å². The second-order valence-corrected chi connectivity index (χ2v) is 7.32. The zero-order valence-electron chi connectivity index (χ0n) is 19.2. The Labute approximate surface area is 202 Å². The summed E-state index contributed by atoms with van der Waals surface area (Å²) >= 11 is 0. The summed E-state index contributed by atoms with van der Waals surface area (Å²) in [6.07, 6.45) is 1.81. The van der Waals surface area contributed by atoms with Gasteiger partial charge in [-0.1, -0.05) is 49.7 Å². The Morgan fingerprint density at radius 1 is 0.657 bits per heavy atom. The third-order valence-corrected chi connectivity index (χ3v) is 4.66. The first-order valence-corrected chi connectivity index (χ1v) is 10.9. The van der Waals surface area contributed by atoms with Crippen LogP contribution in [-0.4, -0.2) is 40.7 Å². The minimum absolute atomic E-state index is 0.0186. The number of rotatable bonds is 9. The summed E-state index contributed by atoms with van der Waals surface area (Å²) < 4.78 is 10.4. The first-order valence-electron chi connectivity index (χ1n) is 10.9. The van der Waals surface area contributed by atoms with E-state index in [2.05, 4.69) is 0 Å². The van der Waals surface area contributed by atoms with Gasteiger partial charge in [0.05, 0.1) is 28.9 Å². The van der Waals surface area contributed by atoms with Gasteiger partial charge in [0.1, 0.15) is 6.61 Å². The molecule has 0 saturated carbocycles. The van der Waals surface area contributed by atoms with Crippen LogP contribution in [0.4, 0.5) is 0 Å². The number of carboxylic acid groups (broad SMARTS) is 2. The van der Waals surface area contributed by atoms with Gasteiger partial charge in [-0.05, 0) is 54.4 Å². The smallest absolute Gasteiger partial charge is 0.338 e. The molecule has 0 heterocycles. The Hall–Kier alpha value is -4.46. The van der Waals surface area contributed by atoms with Crippen LogP contribution in [0.5, 0.6) is 0 Å². The van der Waals surface area contributed by atoms with E-state index in [0.29, 0.717) is 17.7 Å². The summed E-state index contributed by atoms with van der Waals surface area (Å²) in [5.74, 6) is -3.04. The lowest BCUT2D eigenvalue weighted by Gasteiger charge is -2.06. The molecule has 182 valence electrons. The van der Waals surface area contributed by atoms with Crippen molar-refractivity contribution in [3.8, 4) is 0 Å². The molecule has 0 aliphatic rings. The van der Waals surface area contributed by atoms with Crippen molar-refractivity contribution in [2.24, 2.45) is 0 Å². The predicted octanol–water partition coefficient (Wildman–Crippen LogP) is 5.08. The largest absolute Gasteiger partial charge is 0.478 e. The molecule has 0 amide bonds. The zero-order valence-corrected chi connectivity index (χ0v) is 19.2. The van der Waals surface area contributed by atoms with E-state index in [4.69, 9.17) is 19.7 Å². The number of aromatic carboxylic acids is 2. The van der Waals surface area contributed by atoms with Crippen LogP contribution in [0.3, 0.4) is 0 Å². The van der Waals surface area contributed by atoms with Gasteiger partial charge in [0.15, 0.2) is 0 Å². The molecule has 35 heavy (non-hydrogen) atoms. The maximum atomic E-state index is 12.0. The Bertz CT molecular complexity index is 1110. The lowest BCUT2D eigenvalue weighted by molar-refractivity contribution is 0.0466. The fraction of sp³-hybridized carbons (Fsp3) is 0.185. The first kappa shape index (κ1) is 26.8. The third-order valence-electron chi connectivity index (χ3n) is 4.66. The lowest BCUT2D eigenvalue weighted by Crippen LogP contribution is -2.08. The molecule has 3 aromatic rings. The van der Waals surface area contributed by atoms with Crippen molar-refractivity contribution in [2.75, 3.05) is 6.61 Å². The second-order valence-electron chi connectivity index (χ2n) is 7.32. The molecule has 8 nitrogen and oxygen atoms in total. The standard InChI is InChI=1S/C19H20O4.C8H6O4/c1-2-3-13-22-18(20)16-9-11-17(12-10-16)19(21)23-14-15-7-5-4-6-8-15;9-7(10)5-2-1-3-6(4-5)8(11)12/h4-12H,2-3,13-14H2,1H3;1-4H,(H,9,10)(H,11,12). The SMILES string of the molecule is CCCCOC(=O)c1ccc(C(=O)OCc2ccccc2)cc1.O=C(O)c1cccc(C(=O)O)c1. The number of hydrogen-bond donors (Lipinski definition) is 2. The molecule has 0 saturated heterocycles. The van der Waals surface area contributed by atoms with Crippen LogP contribution in [0, 0.1) is 0 Å². The molecule has 0 bridgehead atoms. The maximum absolute atomic E-state index is 12.0. The number of ether oxygens (including phenoxy) is 2. The van der Waals surface area contributed by atoms with Crippen LogP contribution in [0.1, 0.15) is 66.8 Å². The number of carbonyl (C=O) groups excluding carboxylic acids is 2. The Morgan fingerprint density at radius 2 is 1.17 bits per heavy atom. The number of hydrogen-bond acceptors (Lipinski definition) is 6. The summed E-state index contributed by atoms with van der Waals surface area (Å²) in [7, 11) is 0. The molecule has 0 aromatic heterocycles. The van der Waals surface area contributed by atoms with Crippen molar-refractivity contribution < 1.29 is 38.9 Å². The first-order chi connectivity index (χ1) is 16.8. The van der Waals surface area contributed by atoms with E-state index in [1.54, 1.807) is 24.3 Å². The van der Waals surface area contributed by atoms with Crippen molar-refractivity contribution in [2.45, 2.75) is 26.4 Å². The highest BCUT2D eigenvalue weighted by Crippen LogP contribution is 2.10. The molecule has 3 aromatic carbocycles. The van der Waals surface area contributed by atoms with E-state index in [1.165, 1.54) is 18.2 Å². The van der Waals surface area contributed by atoms with Crippen LogP contribution in [0.2, 0.25) is 0 Å². The number of carbonyl (C=O) groups is 4. The highest BCUT2D eigenvalue weighted by atomic mass is 16.5. The summed E-state index contributed by atoms with van der Waals surface area (Å²) in [5.41, 5.74) is 1.73. The van der Waals surface area contributed by atoms with Crippen LogP contribution < -0.4 is 0 Å². The monoisotopic (exact) mass is 478 g/mol. The van der Waals surface area contributed by atoms with Gasteiger partial charge in [-0.15, -0.1) is 0 Å². The van der Waals surface area contributed by atoms with Crippen molar-refractivity contribution in [1.29, 1.82) is 0 Å². The van der Waals surface area contributed by atoms with Crippen LogP contribution >= 0.6 is 0 Å².